The van der Waals surface area contributed by atoms with Crippen molar-refractivity contribution in [2.75, 3.05) is 11.9 Å². The fraction of sp³-hybridized carbons (Fsp3) is 0.333. The van der Waals surface area contributed by atoms with Crippen LogP contribution in [0.3, 0.4) is 0 Å². The van der Waals surface area contributed by atoms with Gasteiger partial charge >= 0.3 is 0 Å². The highest BCUT2D eigenvalue weighted by atomic mass is 79.9. The summed E-state index contributed by atoms with van der Waals surface area (Å²) in [5, 5.41) is 3.31. The number of hydrogen-bond donors (Lipinski definition) is 1. The maximum Gasteiger partial charge on any atom is 0.144 e. The van der Waals surface area contributed by atoms with E-state index in [1.807, 2.05) is 6.20 Å². The van der Waals surface area contributed by atoms with Crippen molar-refractivity contribution in [2.45, 2.75) is 30.9 Å². The predicted molar refractivity (Wildman–Crippen MR) is 89.3 cm³/mol. The molecule has 2 aromatic rings. The van der Waals surface area contributed by atoms with E-state index < -0.39 is 0 Å². The highest BCUT2D eigenvalue weighted by Crippen LogP contribution is 2.26. The quantitative estimate of drug-likeness (QED) is 0.767. The normalized spacial score (nSPS) is 10.6. The smallest absolute Gasteiger partial charge is 0.144 e. The minimum Gasteiger partial charge on any atom is -0.369 e. The van der Waals surface area contributed by atoms with Gasteiger partial charge in [-0.05, 0) is 40.9 Å². The molecule has 0 atom stereocenters. The Morgan fingerprint density at radius 3 is 2.85 bits per heavy atom. The second kappa shape index (κ2) is 7.64. The largest absolute Gasteiger partial charge is 0.369 e. The van der Waals surface area contributed by atoms with E-state index in [9.17, 15) is 0 Å². The van der Waals surface area contributed by atoms with Gasteiger partial charge < -0.3 is 5.32 Å². The van der Waals surface area contributed by atoms with E-state index in [1.54, 1.807) is 11.8 Å². The van der Waals surface area contributed by atoms with Crippen molar-refractivity contribution in [2.24, 2.45) is 0 Å². The van der Waals surface area contributed by atoms with Gasteiger partial charge in [-0.1, -0.05) is 25.1 Å². The van der Waals surface area contributed by atoms with Gasteiger partial charge in [0.05, 0.1) is 10.2 Å². The molecule has 2 rings (SSSR count). The molecule has 1 N–H and O–H groups in total. The number of rotatable bonds is 6. The maximum absolute atomic E-state index is 4.56. The first-order valence-electron chi connectivity index (χ1n) is 6.64. The zero-order chi connectivity index (χ0) is 14.4. The summed E-state index contributed by atoms with van der Waals surface area (Å²) in [6.45, 7) is 5.18. The number of halogens is 1. The standard InChI is InChI=1S/C15H18BrN3S/c1-3-8-17-15-12(16)9-18-14(19-15)10-20-13-7-5-4-6-11(13)2/h4-7,9H,3,8,10H2,1-2H3,(H,17,18,19). The van der Waals surface area contributed by atoms with Gasteiger partial charge in [0.25, 0.3) is 0 Å². The number of nitrogens with zero attached hydrogens (tertiary/aromatic N) is 2. The summed E-state index contributed by atoms with van der Waals surface area (Å²) in [6, 6.07) is 8.38. The molecule has 0 bridgehead atoms. The number of aromatic nitrogens is 2. The first-order valence-corrected chi connectivity index (χ1v) is 8.42. The molecule has 0 amide bonds. The SMILES string of the molecule is CCCNc1nc(CSc2ccccc2C)ncc1Br. The number of benzene rings is 1. The lowest BCUT2D eigenvalue weighted by atomic mass is 10.2. The number of aryl methyl sites for hydroxylation is 1. The van der Waals surface area contributed by atoms with Crippen molar-refractivity contribution in [1.82, 2.24) is 9.97 Å². The molecule has 0 aliphatic rings. The Hall–Kier alpha value is -1.07. The molecule has 5 heteroatoms. The Morgan fingerprint density at radius 1 is 1.30 bits per heavy atom. The zero-order valence-electron chi connectivity index (χ0n) is 11.7. The Kier molecular flexibility index (Phi) is 5.86. The molecule has 3 nitrogen and oxygen atoms in total. The lowest BCUT2D eigenvalue weighted by Crippen LogP contribution is -2.05. The minimum atomic E-state index is 0.777. The van der Waals surface area contributed by atoms with E-state index in [1.165, 1.54) is 10.5 Å². The Morgan fingerprint density at radius 2 is 2.10 bits per heavy atom. The van der Waals surface area contributed by atoms with Gasteiger partial charge in [-0.25, -0.2) is 9.97 Å². The average Bonchev–Trinajstić information content (AvgIpc) is 2.46. The van der Waals surface area contributed by atoms with Crippen LogP contribution in [0.1, 0.15) is 24.7 Å². The van der Waals surface area contributed by atoms with E-state index >= 15 is 0 Å². The molecule has 20 heavy (non-hydrogen) atoms. The number of anilines is 1. The van der Waals surface area contributed by atoms with Gasteiger partial charge in [-0.3, -0.25) is 0 Å². The molecule has 106 valence electrons. The van der Waals surface area contributed by atoms with E-state index in [-0.39, 0.29) is 0 Å². The molecule has 0 aliphatic heterocycles. The summed E-state index contributed by atoms with van der Waals surface area (Å²) in [7, 11) is 0. The molecular weight excluding hydrogens is 334 g/mol. The summed E-state index contributed by atoms with van der Waals surface area (Å²) >= 11 is 5.24. The molecular formula is C15H18BrN3S. The van der Waals surface area contributed by atoms with Crippen LogP contribution < -0.4 is 5.32 Å². The van der Waals surface area contributed by atoms with Gasteiger partial charge in [0.1, 0.15) is 11.6 Å². The molecule has 1 aromatic heterocycles. The lowest BCUT2D eigenvalue weighted by Gasteiger charge is -2.08. The van der Waals surface area contributed by atoms with Crippen molar-refractivity contribution in [3.8, 4) is 0 Å². The van der Waals surface area contributed by atoms with Crippen LogP contribution in [0, 0.1) is 6.92 Å². The van der Waals surface area contributed by atoms with Gasteiger partial charge in [-0.2, -0.15) is 0 Å². The van der Waals surface area contributed by atoms with Crippen LogP contribution in [0.15, 0.2) is 39.8 Å². The second-order valence-electron chi connectivity index (χ2n) is 4.46. The van der Waals surface area contributed by atoms with E-state index in [4.69, 9.17) is 0 Å². The van der Waals surface area contributed by atoms with E-state index in [0.717, 1.165) is 34.8 Å². The fourth-order valence-electron chi connectivity index (χ4n) is 1.70. The topological polar surface area (TPSA) is 37.8 Å². The lowest BCUT2D eigenvalue weighted by molar-refractivity contribution is 0.946. The van der Waals surface area contributed by atoms with Crippen molar-refractivity contribution >= 4 is 33.5 Å². The van der Waals surface area contributed by atoms with Crippen LogP contribution in [0.2, 0.25) is 0 Å². The Labute approximate surface area is 132 Å². The summed E-state index contributed by atoms with van der Waals surface area (Å²) < 4.78 is 0.913. The van der Waals surface area contributed by atoms with Crippen LogP contribution in [-0.2, 0) is 5.75 Å². The first-order chi connectivity index (χ1) is 9.70. The van der Waals surface area contributed by atoms with Crippen molar-refractivity contribution < 1.29 is 0 Å². The fourth-order valence-corrected chi connectivity index (χ4v) is 2.93. The molecule has 0 unspecified atom stereocenters. The highest BCUT2D eigenvalue weighted by Gasteiger charge is 2.06. The van der Waals surface area contributed by atoms with E-state index in [2.05, 4.69) is 69.3 Å². The molecule has 0 aliphatic carbocycles. The highest BCUT2D eigenvalue weighted by molar-refractivity contribution is 9.10. The predicted octanol–water partition coefficient (Wildman–Crippen LogP) is 4.66. The minimum absolute atomic E-state index is 0.777. The van der Waals surface area contributed by atoms with Gasteiger partial charge in [-0.15, -0.1) is 11.8 Å². The average molecular weight is 352 g/mol. The maximum atomic E-state index is 4.56. The Balaban J connectivity index is 2.04. The third-order valence-electron chi connectivity index (χ3n) is 2.79. The number of nitrogens with one attached hydrogen (secondary N) is 1. The van der Waals surface area contributed by atoms with Gasteiger partial charge in [0, 0.05) is 17.6 Å². The van der Waals surface area contributed by atoms with Crippen molar-refractivity contribution in [3.05, 3.63) is 46.3 Å². The summed E-state index contributed by atoms with van der Waals surface area (Å²) in [5.41, 5.74) is 1.29. The van der Waals surface area contributed by atoms with E-state index in [0.29, 0.717) is 0 Å². The van der Waals surface area contributed by atoms with Crippen LogP contribution in [0.5, 0.6) is 0 Å². The van der Waals surface area contributed by atoms with Gasteiger partial charge in [0.15, 0.2) is 0 Å². The first kappa shape index (κ1) is 15.3. The number of hydrogen-bond acceptors (Lipinski definition) is 4. The molecule has 0 radical (unpaired) electrons. The van der Waals surface area contributed by atoms with Gasteiger partial charge in [0.2, 0.25) is 0 Å². The van der Waals surface area contributed by atoms with Crippen LogP contribution in [0.4, 0.5) is 5.82 Å². The van der Waals surface area contributed by atoms with Crippen LogP contribution in [0.25, 0.3) is 0 Å². The monoisotopic (exact) mass is 351 g/mol. The molecule has 0 fully saturated rings. The third kappa shape index (κ3) is 4.21. The zero-order valence-corrected chi connectivity index (χ0v) is 14.1. The van der Waals surface area contributed by atoms with Crippen LogP contribution >= 0.6 is 27.7 Å². The molecule has 1 aromatic carbocycles. The summed E-state index contributed by atoms with van der Waals surface area (Å²) in [5.74, 6) is 2.50. The molecule has 0 spiro atoms. The van der Waals surface area contributed by atoms with Crippen molar-refractivity contribution in [1.29, 1.82) is 0 Å². The molecule has 0 saturated carbocycles. The second-order valence-corrected chi connectivity index (χ2v) is 6.34. The van der Waals surface area contributed by atoms with Crippen LogP contribution in [-0.4, -0.2) is 16.5 Å². The summed E-state index contributed by atoms with van der Waals surface area (Å²) in [6.07, 6.45) is 2.89. The van der Waals surface area contributed by atoms with Crippen molar-refractivity contribution in [3.63, 3.8) is 0 Å². The number of thioether (sulfide) groups is 1. The Bertz CT molecular complexity index is 575. The molecule has 0 saturated heterocycles. The third-order valence-corrected chi connectivity index (χ3v) is 4.54. The molecule has 1 heterocycles. The summed E-state index contributed by atoms with van der Waals surface area (Å²) in [4.78, 5) is 10.2.